The zero-order valence-electron chi connectivity index (χ0n) is 17.8. The van der Waals surface area contributed by atoms with Gasteiger partial charge >= 0.3 is 0 Å². The molecule has 0 radical (unpaired) electrons. The standard InChI is InChI=1S/C27H24N2O3/c30-27-25-21(11-28-27)24-19-9-15(12-32-14-16-7-8-31-13-16)5-6-22(19)29-26(24)20-10-17-3-1-2-4-18(17)23(20)25/h1-6,9,16,29H,7-8,10-14H2,(H,28,30). The van der Waals surface area contributed by atoms with Crippen LogP contribution in [0.15, 0.2) is 42.5 Å². The van der Waals surface area contributed by atoms with Gasteiger partial charge in [-0.2, -0.15) is 0 Å². The summed E-state index contributed by atoms with van der Waals surface area (Å²) in [5.41, 5.74) is 10.3. The van der Waals surface area contributed by atoms with Crippen molar-refractivity contribution in [3.05, 3.63) is 70.3 Å². The Bertz CT molecular complexity index is 1410. The van der Waals surface area contributed by atoms with E-state index in [0.717, 1.165) is 60.4 Å². The van der Waals surface area contributed by atoms with Crippen molar-refractivity contribution in [2.45, 2.75) is 26.0 Å². The molecule has 1 fully saturated rings. The minimum absolute atomic E-state index is 0.0440. The van der Waals surface area contributed by atoms with Crippen molar-refractivity contribution in [3.8, 4) is 11.1 Å². The van der Waals surface area contributed by atoms with Crippen LogP contribution in [-0.4, -0.2) is 30.7 Å². The molecule has 3 aromatic carbocycles. The molecular formula is C27H24N2O3. The second kappa shape index (κ2) is 6.92. The normalized spacial score (nSPS) is 18.9. The van der Waals surface area contributed by atoms with Crippen molar-refractivity contribution in [2.24, 2.45) is 5.92 Å². The van der Waals surface area contributed by atoms with Gasteiger partial charge in [-0.3, -0.25) is 4.79 Å². The Morgan fingerprint density at radius 1 is 1.09 bits per heavy atom. The molecule has 3 heterocycles. The third kappa shape index (κ3) is 2.61. The molecule has 160 valence electrons. The lowest BCUT2D eigenvalue weighted by molar-refractivity contribution is 0.0792. The Labute approximate surface area is 185 Å². The fourth-order valence-corrected chi connectivity index (χ4v) is 5.75. The molecule has 1 aromatic heterocycles. The Balaban J connectivity index is 1.36. The first kappa shape index (κ1) is 18.4. The molecule has 1 saturated heterocycles. The zero-order chi connectivity index (χ0) is 21.2. The number of amides is 1. The highest BCUT2D eigenvalue weighted by atomic mass is 16.5. The summed E-state index contributed by atoms with van der Waals surface area (Å²) in [5, 5.41) is 5.45. The molecule has 0 spiro atoms. The lowest BCUT2D eigenvalue weighted by Crippen LogP contribution is -2.13. The maximum atomic E-state index is 12.9. The monoisotopic (exact) mass is 424 g/mol. The van der Waals surface area contributed by atoms with Gasteiger partial charge in [-0.15, -0.1) is 0 Å². The SMILES string of the molecule is O=C1NCc2c1c1c(c3[nH]c4ccc(COCC5CCOC5)cc4c23)Cc2ccccc2-1. The first-order chi connectivity index (χ1) is 15.8. The van der Waals surface area contributed by atoms with Gasteiger partial charge in [0.1, 0.15) is 0 Å². The van der Waals surface area contributed by atoms with E-state index in [4.69, 9.17) is 9.47 Å². The number of fused-ring (bicyclic) bond motifs is 10. The molecule has 5 heteroatoms. The number of nitrogens with one attached hydrogen (secondary N) is 2. The first-order valence-corrected chi connectivity index (χ1v) is 11.4. The van der Waals surface area contributed by atoms with Crippen molar-refractivity contribution in [3.63, 3.8) is 0 Å². The Hall–Kier alpha value is -3.15. The van der Waals surface area contributed by atoms with Crippen LogP contribution in [0.3, 0.4) is 0 Å². The highest BCUT2D eigenvalue weighted by Crippen LogP contribution is 2.47. The van der Waals surface area contributed by atoms with Crippen LogP contribution >= 0.6 is 0 Å². The average molecular weight is 425 g/mol. The van der Waals surface area contributed by atoms with E-state index in [9.17, 15) is 4.79 Å². The van der Waals surface area contributed by atoms with E-state index in [0.29, 0.717) is 19.1 Å². The lowest BCUT2D eigenvalue weighted by atomic mass is 9.92. The highest BCUT2D eigenvalue weighted by Gasteiger charge is 2.34. The van der Waals surface area contributed by atoms with Crippen LogP contribution < -0.4 is 5.32 Å². The number of carbonyl (C=O) groups excluding carboxylic acids is 1. The summed E-state index contributed by atoms with van der Waals surface area (Å²) in [6, 6.07) is 15.0. The van der Waals surface area contributed by atoms with Gasteiger partial charge in [0, 0.05) is 47.3 Å². The van der Waals surface area contributed by atoms with E-state index in [1.165, 1.54) is 33.0 Å². The third-order valence-electron chi connectivity index (χ3n) is 7.27. The number of benzene rings is 3. The molecule has 32 heavy (non-hydrogen) atoms. The summed E-state index contributed by atoms with van der Waals surface area (Å²) < 4.78 is 11.5. The van der Waals surface area contributed by atoms with E-state index >= 15 is 0 Å². The van der Waals surface area contributed by atoms with Gasteiger partial charge in [0.2, 0.25) is 0 Å². The van der Waals surface area contributed by atoms with Crippen LogP contribution in [0.5, 0.6) is 0 Å². The van der Waals surface area contributed by atoms with Crippen LogP contribution in [0, 0.1) is 5.92 Å². The van der Waals surface area contributed by atoms with Crippen molar-refractivity contribution in [2.75, 3.05) is 19.8 Å². The number of H-pyrrole nitrogens is 1. The Morgan fingerprint density at radius 2 is 2.03 bits per heavy atom. The van der Waals surface area contributed by atoms with Gasteiger partial charge in [0.25, 0.3) is 5.91 Å². The molecule has 4 aromatic rings. The van der Waals surface area contributed by atoms with Crippen molar-refractivity contribution >= 4 is 27.7 Å². The van der Waals surface area contributed by atoms with Gasteiger partial charge in [0.05, 0.1) is 30.9 Å². The van der Waals surface area contributed by atoms with E-state index < -0.39 is 0 Å². The van der Waals surface area contributed by atoms with Gasteiger partial charge in [-0.1, -0.05) is 30.3 Å². The summed E-state index contributed by atoms with van der Waals surface area (Å²) in [5.74, 6) is 0.555. The molecule has 2 aliphatic heterocycles. The first-order valence-electron chi connectivity index (χ1n) is 11.4. The second-order valence-corrected chi connectivity index (χ2v) is 9.22. The van der Waals surface area contributed by atoms with E-state index in [2.05, 4.69) is 52.8 Å². The number of aromatic nitrogens is 1. The van der Waals surface area contributed by atoms with Crippen LogP contribution in [-0.2, 0) is 29.0 Å². The second-order valence-electron chi connectivity index (χ2n) is 9.22. The number of carbonyl (C=O) groups is 1. The maximum Gasteiger partial charge on any atom is 0.252 e. The average Bonchev–Trinajstić information content (AvgIpc) is 3.58. The number of ether oxygens (including phenoxy) is 2. The van der Waals surface area contributed by atoms with Crippen molar-refractivity contribution in [1.82, 2.24) is 10.3 Å². The van der Waals surface area contributed by atoms with Gasteiger partial charge in [-0.05, 0) is 46.4 Å². The van der Waals surface area contributed by atoms with Crippen molar-refractivity contribution < 1.29 is 14.3 Å². The summed E-state index contributed by atoms with van der Waals surface area (Å²) in [4.78, 5) is 16.6. The van der Waals surface area contributed by atoms with E-state index in [1.54, 1.807) is 0 Å². The smallest absolute Gasteiger partial charge is 0.252 e. The minimum Gasteiger partial charge on any atom is -0.381 e. The third-order valence-corrected chi connectivity index (χ3v) is 7.27. The fraction of sp³-hybridized carbons (Fsp3) is 0.296. The maximum absolute atomic E-state index is 12.9. The molecule has 5 nitrogen and oxygen atoms in total. The number of rotatable bonds is 4. The molecule has 1 atom stereocenters. The Morgan fingerprint density at radius 3 is 2.94 bits per heavy atom. The summed E-state index contributed by atoms with van der Waals surface area (Å²) >= 11 is 0. The largest absolute Gasteiger partial charge is 0.381 e. The van der Waals surface area contributed by atoms with Gasteiger partial charge < -0.3 is 19.8 Å². The summed E-state index contributed by atoms with van der Waals surface area (Å²) in [6.45, 7) is 3.57. The topological polar surface area (TPSA) is 63.4 Å². The highest BCUT2D eigenvalue weighted by molar-refractivity contribution is 6.19. The fourth-order valence-electron chi connectivity index (χ4n) is 5.75. The van der Waals surface area contributed by atoms with Gasteiger partial charge in [0.15, 0.2) is 0 Å². The van der Waals surface area contributed by atoms with Crippen LogP contribution in [0.1, 0.15) is 39.0 Å². The molecular weight excluding hydrogens is 400 g/mol. The van der Waals surface area contributed by atoms with Crippen LogP contribution in [0.2, 0.25) is 0 Å². The molecule has 1 aliphatic carbocycles. The summed E-state index contributed by atoms with van der Waals surface area (Å²) in [6.07, 6.45) is 1.94. The predicted molar refractivity (Wildman–Crippen MR) is 124 cm³/mol. The molecule has 3 aliphatic rings. The van der Waals surface area contributed by atoms with Crippen LogP contribution in [0.25, 0.3) is 32.9 Å². The molecule has 0 bridgehead atoms. The lowest BCUT2D eigenvalue weighted by Gasteiger charge is -2.10. The quantitative estimate of drug-likeness (QED) is 0.440. The number of hydrogen-bond acceptors (Lipinski definition) is 3. The number of hydrogen-bond donors (Lipinski definition) is 2. The van der Waals surface area contributed by atoms with Crippen LogP contribution in [0.4, 0.5) is 0 Å². The molecule has 0 saturated carbocycles. The van der Waals surface area contributed by atoms with E-state index in [-0.39, 0.29) is 5.91 Å². The van der Waals surface area contributed by atoms with Gasteiger partial charge in [-0.25, -0.2) is 0 Å². The molecule has 1 amide bonds. The Kier molecular flexibility index (Phi) is 3.99. The van der Waals surface area contributed by atoms with Crippen molar-refractivity contribution in [1.29, 1.82) is 0 Å². The molecule has 1 unspecified atom stereocenters. The predicted octanol–water partition coefficient (Wildman–Crippen LogP) is 4.69. The zero-order valence-corrected chi connectivity index (χ0v) is 17.8. The summed E-state index contributed by atoms with van der Waals surface area (Å²) in [7, 11) is 0. The molecule has 7 rings (SSSR count). The molecule has 2 N–H and O–H groups in total. The minimum atomic E-state index is 0.0440. The number of aromatic amines is 1. The van der Waals surface area contributed by atoms with E-state index in [1.807, 2.05) is 0 Å².